The van der Waals surface area contributed by atoms with Crippen LogP contribution in [0.5, 0.6) is 0 Å². The predicted molar refractivity (Wildman–Crippen MR) is 77.3 cm³/mol. The van der Waals surface area contributed by atoms with E-state index >= 15 is 0 Å². The normalized spacial score (nSPS) is 13.5. The molecule has 112 valence electrons. The molecule has 3 aromatic rings. The Bertz CT molecular complexity index is 916. The zero-order chi connectivity index (χ0) is 15.4. The van der Waals surface area contributed by atoms with Crippen LogP contribution in [0.1, 0.15) is 22.8 Å². The number of hydrogen-bond acceptors (Lipinski definition) is 3. The van der Waals surface area contributed by atoms with Gasteiger partial charge in [-0.15, -0.1) is 0 Å². The van der Waals surface area contributed by atoms with E-state index in [9.17, 15) is 4.39 Å². The van der Waals surface area contributed by atoms with Crippen molar-refractivity contribution in [3.05, 3.63) is 53.1 Å². The number of rotatable bonds is 1. The number of nitrogens with two attached hydrogens (primary N) is 1. The first-order chi connectivity index (χ1) is 10.6. The lowest BCUT2D eigenvalue weighted by molar-refractivity contribution is 0.318. The van der Waals surface area contributed by atoms with Crippen LogP contribution in [-0.2, 0) is 6.42 Å². The third-order valence-corrected chi connectivity index (χ3v) is 3.97. The van der Waals surface area contributed by atoms with Gasteiger partial charge in [0.25, 0.3) is 0 Å². The fraction of sp³-hybridized carbons (Fsp3) is 0.143. The summed E-state index contributed by atoms with van der Waals surface area (Å²) in [6.45, 7) is 1.94. The van der Waals surface area contributed by atoms with Crippen molar-refractivity contribution >= 4 is 5.84 Å². The summed E-state index contributed by atoms with van der Waals surface area (Å²) in [5.74, 6) is -0.360. The standard InChI is InChI=1S/C14H13FN6O/c1-7-10-5-12-13(14(16)19-22)17-6-20(12)9-3-2-8(15)4-11(9)21(10)18-7/h2-4,6,18,22H,5H2,1H3,(H2,16,19). The zero-order valence-electron chi connectivity index (χ0n) is 11.7. The van der Waals surface area contributed by atoms with Gasteiger partial charge in [-0.3, -0.25) is 14.3 Å². The molecule has 0 saturated heterocycles. The molecule has 0 amide bonds. The average Bonchev–Trinajstić information content (AvgIpc) is 2.88. The second-order valence-corrected chi connectivity index (χ2v) is 5.22. The lowest BCUT2D eigenvalue weighted by Crippen LogP contribution is -2.19. The molecule has 0 saturated carbocycles. The number of fused-ring (bicyclic) bond motifs is 5. The van der Waals surface area contributed by atoms with Gasteiger partial charge in [-0.05, 0) is 19.1 Å². The van der Waals surface area contributed by atoms with Crippen molar-refractivity contribution in [1.29, 1.82) is 0 Å². The molecule has 4 rings (SSSR count). The summed E-state index contributed by atoms with van der Waals surface area (Å²) in [5, 5.41) is 15.1. The Hall–Kier alpha value is -3.03. The Morgan fingerprint density at radius 1 is 1.41 bits per heavy atom. The van der Waals surface area contributed by atoms with Crippen molar-refractivity contribution < 1.29 is 9.60 Å². The molecule has 0 bridgehead atoms. The number of amidine groups is 1. The SMILES string of the molecule is Cc1[nH]n2c1Cc1c(/C(N)=N/O)ncn1-c1ccc(F)cc1-2. The van der Waals surface area contributed by atoms with Gasteiger partial charge in [-0.2, -0.15) is 0 Å². The van der Waals surface area contributed by atoms with E-state index in [0.29, 0.717) is 17.8 Å². The molecule has 0 radical (unpaired) electrons. The molecular formula is C14H13FN6O. The molecule has 7 nitrogen and oxygen atoms in total. The molecule has 2 aromatic heterocycles. The highest BCUT2D eigenvalue weighted by molar-refractivity contribution is 5.96. The molecule has 3 heterocycles. The van der Waals surface area contributed by atoms with Crippen molar-refractivity contribution in [1.82, 2.24) is 19.3 Å². The van der Waals surface area contributed by atoms with Crippen LogP contribution in [0.3, 0.4) is 0 Å². The zero-order valence-corrected chi connectivity index (χ0v) is 11.7. The van der Waals surface area contributed by atoms with Gasteiger partial charge >= 0.3 is 0 Å². The minimum atomic E-state index is -0.315. The fourth-order valence-corrected chi connectivity index (χ4v) is 2.88. The number of aryl methyl sites for hydroxylation is 1. The Morgan fingerprint density at radius 3 is 2.95 bits per heavy atom. The Kier molecular flexibility index (Phi) is 2.44. The predicted octanol–water partition coefficient (Wildman–Crippen LogP) is 1.44. The van der Waals surface area contributed by atoms with Gasteiger partial charge in [0.15, 0.2) is 5.84 Å². The highest BCUT2D eigenvalue weighted by Gasteiger charge is 2.26. The lowest BCUT2D eigenvalue weighted by atomic mass is 10.1. The van der Waals surface area contributed by atoms with Crippen molar-refractivity contribution in [2.45, 2.75) is 13.3 Å². The third-order valence-electron chi connectivity index (χ3n) is 3.97. The van der Waals surface area contributed by atoms with Crippen LogP contribution in [-0.4, -0.2) is 30.4 Å². The molecule has 22 heavy (non-hydrogen) atoms. The largest absolute Gasteiger partial charge is 0.409 e. The van der Waals surface area contributed by atoms with Crippen LogP contribution >= 0.6 is 0 Å². The molecule has 0 unspecified atom stereocenters. The molecule has 0 aliphatic carbocycles. The number of oxime groups is 1. The van der Waals surface area contributed by atoms with Crippen LogP contribution in [0, 0.1) is 12.7 Å². The maximum Gasteiger partial charge on any atom is 0.190 e. The van der Waals surface area contributed by atoms with Crippen molar-refractivity contribution in [3.8, 4) is 11.4 Å². The highest BCUT2D eigenvalue weighted by atomic mass is 19.1. The second kappa shape index (κ2) is 4.23. The van der Waals surface area contributed by atoms with Crippen molar-refractivity contribution in [3.63, 3.8) is 0 Å². The first-order valence-corrected chi connectivity index (χ1v) is 6.70. The minimum absolute atomic E-state index is 0.0450. The summed E-state index contributed by atoms with van der Waals surface area (Å²) in [4.78, 5) is 4.23. The van der Waals surface area contributed by atoms with E-state index in [1.54, 1.807) is 12.4 Å². The number of benzene rings is 1. The van der Waals surface area contributed by atoms with Gasteiger partial charge in [0.1, 0.15) is 17.8 Å². The molecule has 4 N–H and O–H groups in total. The van der Waals surface area contributed by atoms with Gasteiger partial charge < -0.3 is 10.9 Å². The topological polar surface area (TPSA) is 97.2 Å². The van der Waals surface area contributed by atoms with E-state index < -0.39 is 0 Å². The summed E-state index contributed by atoms with van der Waals surface area (Å²) in [7, 11) is 0. The quantitative estimate of drug-likeness (QED) is 0.215. The van der Waals surface area contributed by atoms with Crippen LogP contribution in [0.15, 0.2) is 29.7 Å². The smallest absolute Gasteiger partial charge is 0.190 e. The number of nitrogens with one attached hydrogen (secondary N) is 1. The number of nitrogens with zero attached hydrogens (tertiary/aromatic N) is 4. The van der Waals surface area contributed by atoms with E-state index in [4.69, 9.17) is 10.9 Å². The Morgan fingerprint density at radius 2 is 2.23 bits per heavy atom. The molecule has 1 aliphatic heterocycles. The molecule has 8 heteroatoms. The summed E-state index contributed by atoms with van der Waals surface area (Å²) in [5.41, 5.74) is 10.4. The van der Waals surface area contributed by atoms with Crippen LogP contribution < -0.4 is 5.73 Å². The molecular weight excluding hydrogens is 287 g/mol. The molecule has 0 spiro atoms. The molecule has 0 atom stereocenters. The van der Waals surface area contributed by atoms with Gasteiger partial charge in [0, 0.05) is 12.5 Å². The molecule has 0 fully saturated rings. The van der Waals surface area contributed by atoms with E-state index in [0.717, 1.165) is 22.8 Å². The maximum atomic E-state index is 13.6. The van der Waals surface area contributed by atoms with E-state index in [2.05, 4.69) is 15.2 Å². The number of H-pyrrole nitrogens is 1. The summed E-state index contributed by atoms with van der Waals surface area (Å²) < 4.78 is 17.3. The second-order valence-electron chi connectivity index (χ2n) is 5.22. The number of imidazole rings is 1. The first kappa shape index (κ1) is 12.7. The first-order valence-electron chi connectivity index (χ1n) is 6.70. The van der Waals surface area contributed by atoms with Gasteiger partial charge in [-0.1, -0.05) is 5.16 Å². The summed E-state index contributed by atoms with van der Waals surface area (Å²) >= 11 is 0. The van der Waals surface area contributed by atoms with Gasteiger partial charge in [0.05, 0.1) is 28.5 Å². The minimum Gasteiger partial charge on any atom is -0.409 e. The number of aromatic amines is 1. The highest BCUT2D eigenvalue weighted by Crippen LogP contribution is 2.31. The average molecular weight is 300 g/mol. The molecule has 1 aliphatic rings. The Labute approximate surface area is 124 Å². The molecule has 1 aromatic carbocycles. The summed E-state index contributed by atoms with van der Waals surface area (Å²) in [6.07, 6.45) is 2.14. The number of hydrogen-bond donors (Lipinski definition) is 3. The summed E-state index contributed by atoms with van der Waals surface area (Å²) in [6, 6.07) is 4.55. The van der Waals surface area contributed by atoms with E-state index in [1.807, 2.05) is 16.2 Å². The van der Waals surface area contributed by atoms with E-state index in [-0.39, 0.29) is 11.7 Å². The van der Waals surface area contributed by atoms with Crippen molar-refractivity contribution in [2.75, 3.05) is 0 Å². The van der Waals surface area contributed by atoms with Crippen LogP contribution in [0.25, 0.3) is 11.4 Å². The Balaban J connectivity index is 2.04. The monoisotopic (exact) mass is 300 g/mol. The number of halogens is 1. The van der Waals surface area contributed by atoms with Crippen molar-refractivity contribution in [2.24, 2.45) is 10.9 Å². The van der Waals surface area contributed by atoms with Gasteiger partial charge in [-0.25, -0.2) is 9.37 Å². The fourth-order valence-electron chi connectivity index (χ4n) is 2.88. The lowest BCUT2D eigenvalue weighted by Gasteiger charge is -2.20. The van der Waals surface area contributed by atoms with Crippen LogP contribution in [0.4, 0.5) is 4.39 Å². The maximum absolute atomic E-state index is 13.6. The third kappa shape index (κ3) is 1.54. The van der Waals surface area contributed by atoms with E-state index in [1.165, 1.54) is 12.1 Å². The van der Waals surface area contributed by atoms with Gasteiger partial charge in [0.2, 0.25) is 0 Å². The number of aromatic nitrogens is 4. The van der Waals surface area contributed by atoms with Crippen LogP contribution in [0.2, 0.25) is 0 Å².